The van der Waals surface area contributed by atoms with E-state index in [1.165, 1.54) is 0 Å². The summed E-state index contributed by atoms with van der Waals surface area (Å²) in [7, 11) is 0. The Balaban J connectivity index is 1.29. The number of benzene rings is 2. The monoisotopic (exact) mass is 441 g/mol. The van der Waals surface area contributed by atoms with Crippen LogP contribution in [-0.4, -0.2) is 46.2 Å². The molecule has 2 heterocycles. The van der Waals surface area contributed by atoms with E-state index < -0.39 is 0 Å². The molecule has 0 spiro atoms. The second-order valence-electron chi connectivity index (χ2n) is 6.86. The Bertz CT molecular complexity index is 1000. The van der Waals surface area contributed by atoms with Crippen molar-refractivity contribution in [3.63, 3.8) is 0 Å². The van der Waals surface area contributed by atoms with Crippen molar-refractivity contribution in [2.75, 3.05) is 13.1 Å². The number of amides is 3. The normalized spacial score (nSPS) is 16.3. The molecule has 3 N–H and O–H groups in total. The molecule has 0 unspecified atom stereocenters. The largest absolute Gasteiger partial charge is 0.337 e. The summed E-state index contributed by atoms with van der Waals surface area (Å²) >= 11 is 3.39. The lowest BCUT2D eigenvalue weighted by Crippen LogP contribution is -2.43. The number of halogens is 1. The van der Waals surface area contributed by atoms with Gasteiger partial charge in [0.05, 0.1) is 11.7 Å². The number of fused-ring (bicyclic) bond motifs is 1. The van der Waals surface area contributed by atoms with Gasteiger partial charge in [-0.15, -0.1) is 0 Å². The highest BCUT2D eigenvalue weighted by Crippen LogP contribution is 2.18. The van der Waals surface area contributed by atoms with Gasteiger partial charge in [0.15, 0.2) is 0 Å². The molecule has 0 saturated carbocycles. The number of carbonyl (C=O) groups is 2. The smallest absolute Gasteiger partial charge is 0.315 e. The summed E-state index contributed by atoms with van der Waals surface area (Å²) in [5.74, 6) is -0.0253. The molecule has 7 nitrogen and oxygen atoms in total. The lowest BCUT2D eigenvalue weighted by molar-refractivity contribution is 0.0789. The van der Waals surface area contributed by atoms with Crippen LogP contribution in [0.2, 0.25) is 0 Å². The summed E-state index contributed by atoms with van der Waals surface area (Å²) in [6, 6.07) is 13.0. The van der Waals surface area contributed by atoms with Gasteiger partial charge in [0.25, 0.3) is 5.91 Å². The molecule has 3 amide bonds. The first-order valence-electron chi connectivity index (χ1n) is 9.10. The molecule has 1 aromatic heterocycles. The SMILES string of the molecule is O=C(NCc1ccc(Br)cc1)N[C@@H]1CCN(C(=O)c2ccc3[nH]ncc3c2)C1. The van der Waals surface area contributed by atoms with Gasteiger partial charge in [-0.3, -0.25) is 9.89 Å². The van der Waals surface area contributed by atoms with Crippen molar-refractivity contribution in [1.82, 2.24) is 25.7 Å². The van der Waals surface area contributed by atoms with E-state index in [0.717, 1.165) is 27.4 Å². The lowest BCUT2D eigenvalue weighted by atomic mass is 10.1. The van der Waals surface area contributed by atoms with E-state index in [1.54, 1.807) is 17.2 Å². The summed E-state index contributed by atoms with van der Waals surface area (Å²) in [6.45, 7) is 1.59. The third-order valence-corrected chi connectivity index (χ3v) is 5.39. The van der Waals surface area contributed by atoms with Crippen LogP contribution < -0.4 is 10.6 Å². The van der Waals surface area contributed by atoms with E-state index in [9.17, 15) is 9.59 Å². The van der Waals surface area contributed by atoms with Crippen LogP contribution in [0.15, 0.2) is 53.1 Å². The maximum Gasteiger partial charge on any atom is 0.315 e. The highest BCUT2D eigenvalue weighted by Gasteiger charge is 2.28. The van der Waals surface area contributed by atoms with Crippen molar-refractivity contribution < 1.29 is 9.59 Å². The summed E-state index contributed by atoms with van der Waals surface area (Å²) in [5, 5.41) is 13.6. The van der Waals surface area contributed by atoms with E-state index in [-0.39, 0.29) is 18.0 Å². The minimum Gasteiger partial charge on any atom is -0.337 e. The average molecular weight is 442 g/mol. The number of rotatable bonds is 4. The molecule has 1 saturated heterocycles. The third kappa shape index (κ3) is 4.17. The van der Waals surface area contributed by atoms with E-state index in [2.05, 4.69) is 36.8 Å². The van der Waals surface area contributed by atoms with Crippen LogP contribution in [-0.2, 0) is 6.54 Å². The molecule has 4 rings (SSSR count). The van der Waals surface area contributed by atoms with Crippen LogP contribution in [0.3, 0.4) is 0 Å². The zero-order valence-corrected chi connectivity index (χ0v) is 16.7. The Morgan fingerprint density at radius 2 is 2.04 bits per heavy atom. The summed E-state index contributed by atoms with van der Waals surface area (Å²) in [5.41, 5.74) is 2.56. The first kappa shape index (κ1) is 18.5. The van der Waals surface area contributed by atoms with Gasteiger partial charge in [-0.05, 0) is 42.3 Å². The minimum atomic E-state index is -0.220. The predicted molar refractivity (Wildman–Crippen MR) is 110 cm³/mol. The number of nitrogens with one attached hydrogen (secondary N) is 3. The number of H-pyrrole nitrogens is 1. The fourth-order valence-electron chi connectivity index (χ4n) is 3.34. The maximum absolute atomic E-state index is 12.7. The molecule has 144 valence electrons. The summed E-state index contributed by atoms with van der Waals surface area (Å²) in [6.07, 6.45) is 2.45. The van der Waals surface area contributed by atoms with E-state index in [4.69, 9.17) is 0 Å². The highest BCUT2D eigenvalue weighted by atomic mass is 79.9. The van der Waals surface area contributed by atoms with Gasteiger partial charge in [0, 0.05) is 41.1 Å². The zero-order valence-electron chi connectivity index (χ0n) is 15.1. The van der Waals surface area contributed by atoms with Gasteiger partial charge >= 0.3 is 6.03 Å². The lowest BCUT2D eigenvalue weighted by Gasteiger charge is -2.17. The molecular formula is C20H20BrN5O2. The molecule has 8 heteroatoms. The molecule has 0 radical (unpaired) electrons. The Kier molecular flexibility index (Phi) is 5.29. The van der Waals surface area contributed by atoms with Crippen molar-refractivity contribution in [1.29, 1.82) is 0 Å². The number of aromatic amines is 1. The number of hydrogen-bond acceptors (Lipinski definition) is 3. The van der Waals surface area contributed by atoms with Crippen LogP contribution in [0.25, 0.3) is 10.9 Å². The summed E-state index contributed by atoms with van der Waals surface area (Å²) in [4.78, 5) is 26.7. The van der Waals surface area contributed by atoms with Gasteiger partial charge in [-0.2, -0.15) is 5.10 Å². The Morgan fingerprint density at radius 1 is 1.21 bits per heavy atom. The number of hydrogen-bond donors (Lipinski definition) is 3. The first-order chi connectivity index (χ1) is 13.6. The molecule has 1 aliphatic rings. The Hall–Kier alpha value is -2.87. The van der Waals surface area contributed by atoms with Gasteiger partial charge in [0.1, 0.15) is 0 Å². The molecule has 1 aliphatic heterocycles. The van der Waals surface area contributed by atoms with Gasteiger partial charge in [-0.25, -0.2) is 4.79 Å². The van der Waals surface area contributed by atoms with Crippen molar-refractivity contribution in [3.05, 3.63) is 64.3 Å². The standard InChI is InChI=1S/C20H20BrN5O2/c21-16-4-1-13(2-5-16)10-22-20(28)24-17-7-8-26(12-17)19(27)14-3-6-18-15(9-14)11-23-25-18/h1-6,9,11,17H,7-8,10,12H2,(H,23,25)(H2,22,24,28)/t17-/m1/s1. The quantitative estimate of drug-likeness (QED) is 0.580. The highest BCUT2D eigenvalue weighted by molar-refractivity contribution is 9.10. The molecular weight excluding hydrogens is 422 g/mol. The molecule has 3 aromatic rings. The number of aromatic nitrogens is 2. The van der Waals surface area contributed by atoms with Gasteiger partial charge < -0.3 is 15.5 Å². The third-order valence-electron chi connectivity index (χ3n) is 4.86. The van der Waals surface area contributed by atoms with Crippen LogP contribution in [0, 0.1) is 0 Å². The van der Waals surface area contributed by atoms with Crippen LogP contribution in [0.5, 0.6) is 0 Å². The fourth-order valence-corrected chi connectivity index (χ4v) is 3.61. The first-order valence-corrected chi connectivity index (χ1v) is 9.89. The topological polar surface area (TPSA) is 90.1 Å². The molecule has 0 bridgehead atoms. The van der Waals surface area contributed by atoms with Crippen LogP contribution in [0.4, 0.5) is 4.79 Å². The van der Waals surface area contributed by atoms with Crippen molar-refractivity contribution in [2.45, 2.75) is 19.0 Å². The van der Waals surface area contributed by atoms with Crippen molar-refractivity contribution in [3.8, 4) is 0 Å². The number of nitrogens with zero attached hydrogens (tertiary/aromatic N) is 2. The maximum atomic E-state index is 12.7. The van der Waals surface area contributed by atoms with E-state index in [1.807, 2.05) is 36.4 Å². The Morgan fingerprint density at radius 3 is 2.86 bits per heavy atom. The zero-order chi connectivity index (χ0) is 19.5. The van der Waals surface area contributed by atoms with Crippen LogP contribution in [0.1, 0.15) is 22.3 Å². The molecule has 0 aliphatic carbocycles. The van der Waals surface area contributed by atoms with E-state index in [0.29, 0.717) is 25.2 Å². The van der Waals surface area contributed by atoms with Crippen LogP contribution >= 0.6 is 15.9 Å². The average Bonchev–Trinajstić information content (AvgIpc) is 3.35. The van der Waals surface area contributed by atoms with Crippen molar-refractivity contribution >= 4 is 38.8 Å². The fraction of sp³-hybridized carbons (Fsp3) is 0.250. The van der Waals surface area contributed by atoms with Gasteiger partial charge in [-0.1, -0.05) is 28.1 Å². The van der Waals surface area contributed by atoms with Crippen molar-refractivity contribution in [2.24, 2.45) is 0 Å². The molecule has 1 fully saturated rings. The molecule has 28 heavy (non-hydrogen) atoms. The van der Waals surface area contributed by atoms with E-state index >= 15 is 0 Å². The second-order valence-corrected chi connectivity index (χ2v) is 7.78. The number of carbonyl (C=O) groups excluding carboxylic acids is 2. The number of urea groups is 1. The minimum absolute atomic E-state index is 0.0253. The predicted octanol–water partition coefficient (Wildman–Crippen LogP) is 3.04. The Labute approximate surface area is 170 Å². The summed E-state index contributed by atoms with van der Waals surface area (Å²) < 4.78 is 1.00. The second kappa shape index (κ2) is 8.02. The molecule has 2 aromatic carbocycles. The number of likely N-dealkylation sites (tertiary alicyclic amines) is 1. The molecule has 1 atom stereocenters. The van der Waals surface area contributed by atoms with Gasteiger partial charge in [0.2, 0.25) is 0 Å².